The number of hydrogen-bond acceptors (Lipinski definition) is 2. The first-order chi connectivity index (χ1) is 10.1. The molecule has 1 aliphatic heterocycles. The fourth-order valence-corrected chi connectivity index (χ4v) is 2.76. The van der Waals surface area contributed by atoms with Crippen LogP contribution >= 0.6 is 11.6 Å². The van der Waals surface area contributed by atoms with Crippen molar-refractivity contribution in [2.24, 2.45) is 0 Å². The number of nitrogens with zero attached hydrogens (tertiary/aromatic N) is 1. The zero-order valence-corrected chi connectivity index (χ0v) is 13.2. The van der Waals surface area contributed by atoms with Gasteiger partial charge in [0, 0.05) is 11.6 Å². The van der Waals surface area contributed by atoms with Crippen molar-refractivity contribution in [2.45, 2.75) is 51.7 Å². The Hall–Kier alpha value is -1.55. The number of piperazine rings is 1. The first-order valence-corrected chi connectivity index (χ1v) is 7.79. The Morgan fingerprint density at radius 3 is 2.43 bits per heavy atom. The second kappa shape index (κ2) is 6.94. The first-order valence-electron chi connectivity index (χ1n) is 7.42. The van der Waals surface area contributed by atoms with Gasteiger partial charge in [-0.2, -0.15) is 0 Å². The van der Waals surface area contributed by atoms with E-state index in [4.69, 9.17) is 11.6 Å². The molecule has 1 aliphatic rings. The number of carbonyl (C=O) groups is 2. The number of halogens is 1. The Balaban J connectivity index is 2.22. The van der Waals surface area contributed by atoms with Gasteiger partial charge >= 0.3 is 0 Å². The average molecular weight is 309 g/mol. The lowest BCUT2D eigenvalue weighted by Crippen LogP contribution is -2.62. The van der Waals surface area contributed by atoms with E-state index in [0.29, 0.717) is 24.4 Å². The molecule has 5 heteroatoms. The largest absolute Gasteiger partial charge is 0.343 e. The zero-order valence-electron chi connectivity index (χ0n) is 12.4. The highest BCUT2D eigenvalue weighted by molar-refractivity contribution is 6.30. The Morgan fingerprint density at radius 2 is 1.86 bits per heavy atom. The van der Waals surface area contributed by atoms with Gasteiger partial charge in [0.1, 0.15) is 12.1 Å². The van der Waals surface area contributed by atoms with Gasteiger partial charge in [0.2, 0.25) is 11.8 Å². The number of hydrogen-bond donors (Lipinski definition) is 1. The van der Waals surface area contributed by atoms with Crippen molar-refractivity contribution in [1.82, 2.24) is 10.2 Å². The van der Waals surface area contributed by atoms with E-state index < -0.39 is 6.04 Å². The summed E-state index contributed by atoms with van der Waals surface area (Å²) in [6, 6.07) is 6.62. The van der Waals surface area contributed by atoms with E-state index in [1.807, 2.05) is 26.0 Å². The van der Waals surface area contributed by atoms with Crippen molar-refractivity contribution in [1.29, 1.82) is 0 Å². The van der Waals surface area contributed by atoms with Crippen LogP contribution in [-0.4, -0.2) is 28.8 Å². The van der Waals surface area contributed by atoms with E-state index in [1.54, 1.807) is 17.0 Å². The van der Waals surface area contributed by atoms with E-state index >= 15 is 0 Å². The van der Waals surface area contributed by atoms with E-state index in [0.717, 1.165) is 12.0 Å². The summed E-state index contributed by atoms with van der Waals surface area (Å²) in [5, 5.41) is 3.49. The Kier molecular flexibility index (Phi) is 5.23. The van der Waals surface area contributed by atoms with Gasteiger partial charge in [0.05, 0.1) is 0 Å². The van der Waals surface area contributed by atoms with E-state index in [-0.39, 0.29) is 17.9 Å². The lowest BCUT2D eigenvalue weighted by atomic mass is 10.0. The molecule has 2 unspecified atom stereocenters. The molecule has 4 nitrogen and oxygen atoms in total. The maximum atomic E-state index is 12.5. The van der Waals surface area contributed by atoms with E-state index in [2.05, 4.69) is 5.32 Å². The van der Waals surface area contributed by atoms with Gasteiger partial charge in [0.15, 0.2) is 0 Å². The van der Waals surface area contributed by atoms with E-state index in [9.17, 15) is 9.59 Å². The molecule has 1 saturated heterocycles. The summed E-state index contributed by atoms with van der Waals surface area (Å²) in [4.78, 5) is 26.5. The summed E-state index contributed by atoms with van der Waals surface area (Å²) < 4.78 is 0. The normalized spacial score (nSPS) is 22.3. The fraction of sp³-hybridized carbons (Fsp3) is 0.500. The number of nitrogens with one attached hydrogen (secondary N) is 1. The lowest BCUT2D eigenvalue weighted by Gasteiger charge is -2.38. The number of benzene rings is 1. The molecule has 1 heterocycles. The van der Waals surface area contributed by atoms with Crippen LogP contribution in [0.1, 0.15) is 38.7 Å². The highest BCUT2D eigenvalue weighted by atomic mass is 35.5. The average Bonchev–Trinajstić information content (AvgIpc) is 2.48. The van der Waals surface area contributed by atoms with Crippen LogP contribution in [0.5, 0.6) is 0 Å². The van der Waals surface area contributed by atoms with Crippen molar-refractivity contribution in [3.63, 3.8) is 0 Å². The van der Waals surface area contributed by atoms with Gasteiger partial charge in [-0.1, -0.05) is 44.0 Å². The number of amides is 2. The summed E-state index contributed by atoms with van der Waals surface area (Å²) in [6.45, 7) is 4.37. The predicted octanol–water partition coefficient (Wildman–Crippen LogP) is 2.75. The lowest BCUT2D eigenvalue weighted by molar-refractivity contribution is -0.150. The fourth-order valence-electron chi connectivity index (χ4n) is 2.64. The van der Waals surface area contributed by atoms with E-state index in [1.165, 1.54) is 0 Å². The van der Waals surface area contributed by atoms with Crippen LogP contribution in [0.2, 0.25) is 5.02 Å². The third-order valence-electron chi connectivity index (χ3n) is 3.81. The molecule has 1 aromatic rings. The van der Waals surface area contributed by atoms with Crippen molar-refractivity contribution in [3.05, 3.63) is 34.9 Å². The molecule has 2 amide bonds. The second-order valence-electron chi connectivity index (χ2n) is 5.37. The number of rotatable bonds is 5. The summed E-state index contributed by atoms with van der Waals surface area (Å²) >= 11 is 5.89. The van der Waals surface area contributed by atoms with Crippen LogP contribution in [-0.2, 0) is 16.1 Å². The van der Waals surface area contributed by atoms with Gasteiger partial charge in [-0.25, -0.2) is 0 Å². The molecule has 0 spiro atoms. The van der Waals surface area contributed by atoms with Crippen molar-refractivity contribution < 1.29 is 9.59 Å². The molecule has 0 saturated carbocycles. The molecule has 0 bridgehead atoms. The highest BCUT2D eigenvalue weighted by Gasteiger charge is 2.38. The topological polar surface area (TPSA) is 49.4 Å². The van der Waals surface area contributed by atoms with Crippen LogP contribution in [0.25, 0.3) is 0 Å². The summed E-state index contributed by atoms with van der Waals surface area (Å²) in [6.07, 6.45) is 2.15. The molecule has 2 atom stereocenters. The molecule has 0 aromatic heterocycles. The van der Waals surface area contributed by atoms with Gasteiger partial charge in [0.25, 0.3) is 0 Å². The minimum atomic E-state index is -0.405. The smallest absolute Gasteiger partial charge is 0.246 e. The number of carbonyl (C=O) groups excluding carboxylic acids is 2. The third kappa shape index (κ3) is 3.56. The van der Waals surface area contributed by atoms with Crippen molar-refractivity contribution in [2.75, 3.05) is 0 Å². The third-order valence-corrected chi connectivity index (χ3v) is 4.07. The van der Waals surface area contributed by atoms with Gasteiger partial charge in [-0.05, 0) is 30.5 Å². The molecule has 1 N–H and O–H groups in total. The maximum Gasteiger partial charge on any atom is 0.246 e. The van der Waals surface area contributed by atoms with Crippen LogP contribution in [0, 0.1) is 0 Å². The summed E-state index contributed by atoms with van der Waals surface area (Å²) in [7, 11) is 0. The standard InChI is InChI=1S/C16H21ClN2O2/c1-3-5-14-15(20)18-13(4-2)16(21)19(14)10-11-6-8-12(17)9-7-11/h6-9,13-14H,3-5,10H2,1-2H3,(H,18,20). The Bertz CT molecular complexity index is 516. The maximum absolute atomic E-state index is 12.5. The minimum absolute atomic E-state index is 0.00509. The Morgan fingerprint density at radius 1 is 1.19 bits per heavy atom. The molecule has 1 aromatic carbocycles. The summed E-state index contributed by atoms with van der Waals surface area (Å²) in [5.74, 6) is -0.0391. The second-order valence-corrected chi connectivity index (χ2v) is 5.80. The SMILES string of the molecule is CCCC1C(=O)NC(CC)C(=O)N1Cc1ccc(Cl)cc1. The monoisotopic (exact) mass is 308 g/mol. The molecule has 114 valence electrons. The first kappa shape index (κ1) is 15.8. The van der Waals surface area contributed by atoms with Gasteiger partial charge < -0.3 is 10.2 Å². The van der Waals surface area contributed by atoms with Gasteiger partial charge in [-0.3, -0.25) is 9.59 Å². The van der Waals surface area contributed by atoms with Crippen LogP contribution < -0.4 is 5.32 Å². The molecule has 2 rings (SSSR count). The van der Waals surface area contributed by atoms with Crippen LogP contribution in [0.15, 0.2) is 24.3 Å². The molecular weight excluding hydrogens is 288 g/mol. The Labute approximate surface area is 130 Å². The molecule has 1 fully saturated rings. The van der Waals surface area contributed by atoms with Crippen molar-refractivity contribution >= 4 is 23.4 Å². The predicted molar refractivity (Wildman–Crippen MR) is 82.9 cm³/mol. The zero-order chi connectivity index (χ0) is 15.4. The van der Waals surface area contributed by atoms with Crippen molar-refractivity contribution in [3.8, 4) is 0 Å². The molecular formula is C16H21ClN2O2. The minimum Gasteiger partial charge on any atom is -0.343 e. The highest BCUT2D eigenvalue weighted by Crippen LogP contribution is 2.20. The quantitative estimate of drug-likeness (QED) is 0.909. The molecule has 21 heavy (non-hydrogen) atoms. The molecule has 0 aliphatic carbocycles. The van der Waals surface area contributed by atoms with Gasteiger partial charge in [-0.15, -0.1) is 0 Å². The van der Waals surface area contributed by atoms with Crippen LogP contribution in [0.3, 0.4) is 0 Å². The summed E-state index contributed by atoms with van der Waals surface area (Å²) in [5.41, 5.74) is 0.985. The molecule has 0 radical (unpaired) electrons. The van der Waals surface area contributed by atoms with Crippen LogP contribution in [0.4, 0.5) is 0 Å².